The molecular formula is C17H16F3N3O. The number of aromatic nitrogens is 1. The molecule has 2 N–H and O–H groups in total. The van der Waals surface area contributed by atoms with Crippen LogP contribution in [0.5, 0.6) is 0 Å². The Hall–Kier alpha value is -2.41. The molecule has 0 aliphatic carbocycles. The van der Waals surface area contributed by atoms with Crippen molar-refractivity contribution in [3.05, 3.63) is 59.4 Å². The summed E-state index contributed by atoms with van der Waals surface area (Å²) in [5.41, 5.74) is 0.836. The van der Waals surface area contributed by atoms with E-state index >= 15 is 0 Å². The lowest BCUT2D eigenvalue weighted by molar-refractivity contribution is -0.137. The van der Waals surface area contributed by atoms with Crippen LogP contribution < -0.4 is 10.6 Å². The third-order valence-electron chi connectivity index (χ3n) is 4.02. The smallest absolute Gasteiger partial charge is 0.321 e. The molecule has 1 saturated heterocycles. The number of benzene rings is 1. The van der Waals surface area contributed by atoms with E-state index in [1.54, 1.807) is 12.1 Å². The number of alkyl halides is 3. The molecule has 1 atom stereocenters. The number of amides is 1. The Balaban J connectivity index is 1.66. The molecule has 1 aliphatic heterocycles. The Labute approximate surface area is 137 Å². The Morgan fingerprint density at radius 2 is 1.92 bits per heavy atom. The highest BCUT2D eigenvalue weighted by Gasteiger charge is 2.30. The lowest BCUT2D eigenvalue weighted by Gasteiger charge is -2.11. The quantitative estimate of drug-likeness (QED) is 0.904. The highest BCUT2D eigenvalue weighted by molar-refractivity contribution is 6.02. The Morgan fingerprint density at radius 1 is 1.17 bits per heavy atom. The molecule has 7 heteroatoms. The molecule has 0 bridgehead atoms. The van der Waals surface area contributed by atoms with E-state index < -0.39 is 17.6 Å². The summed E-state index contributed by atoms with van der Waals surface area (Å²) in [6.45, 7) is 1.95. The number of carbonyl (C=O) groups is 1. The Kier molecular flexibility index (Phi) is 4.53. The van der Waals surface area contributed by atoms with Gasteiger partial charge in [0, 0.05) is 18.4 Å². The van der Waals surface area contributed by atoms with E-state index in [1.165, 1.54) is 5.56 Å². The van der Waals surface area contributed by atoms with Gasteiger partial charge in [-0.15, -0.1) is 0 Å². The zero-order valence-electron chi connectivity index (χ0n) is 12.7. The standard InChI is InChI=1S/C17H16F3N3O/c18-17(19,20)13-3-6-15(22-10-13)16(24)23-14-4-1-11(2-5-14)12-7-8-21-9-12/h1-6,10,12,21H,7-9H2,(H,23,24)/t12-/m0/s1. The molecule has 0 unspecified atom stereocenters. The molecular weight excluding hydrogens is 319 g/mol. The van der Waals surface area contributed by atoms with Gasteiger partial charge in [-0.25, -0.2) is 0 Å². The van der Waals surface area contributed by atoms with Gasteiger partial charge in [0.1, 0.15) is 5.69 Å². The molecule has 0 saturated carbocycles. The minimum Gasteiger partial charge on any atom is -0.321 e. The first-order chi connectivity index (χ1) is 11.4. The van der Waals surface area contributed by atoms with Crippen LogP contribution in [0.15, 0.2) is 42.6 Å². The molecule has 2 heterocycles. The summed E-state index contributed by atoms with van der Waals surface area (Å²) in [6, 6.07) is 9.39. The van der Waals surface area contributed by atoms with Crippen molar-refractivity contribution in [3.8, 4) is 0 Å². The maximum Gasteiger partial charge on any atom is 0.417 e. The lowest BCUT2D eigenvalue weighted by Crippen LogP contribution is -2.15. The number of hydrogen-bond donors (Lipinski definition) is 2. The lowest BCUT2D eigenvalue weighted by atomic mass is 9.98. The highest BCUT2D eigenvalue weighted by Crippen LogP contribution is 2.28. The van der Waals surface area contributed by atoms with Crippen molar-refractivity contribution in [2.45, 2.75) is 18.5 Å². The largest absolute Gasteiger partial charge is 0.417 e. The summed E-state index contributed by atoms with van der Waals surface area (Å²) in [5.74, 6) is -0.0645. The number of rotatable bonds is 3. The van der Waals surface area contributed by atoms with E-state index in [2.05, 4.69) is 15.6 Å². The molecule has 3 rings (SSSR count). The molecule has 1 aliphatic rings. The van der Waals surface area contributed by atoms with Crippen molar-refractivity contribution in [1.82, 2.24) is 10.3 Å². The van der Waals surface area contributed by atoms with E-state index in [4.69, 9.17) is 0 Å². The highest BCUT2D eigenvalue weighted by atomic mass is 19.4. The summed E-state index contributed by atoms with van der Waals surface area (Å²) in [4.78, 5) is 15.6. The van der Waals surface area contributed by atoms with Gasteiger partial charge in [-0.3, -0.25) is 9.78 Å². The third kappa shape index (κ3) is 3.73. The Morgan fingerprint density at radius 3 is 2.46 bits per heavy atom. The van der Waals surface area contributed by atoms with Crippen molar-refractivity contribution >= 4 is 11.6 Å². The van der Waals surface area contributed by atoms with Crippen molar-refractivity contribution < 1.29 is 18.0 Å². The maximum atomic E-state index is 12.5. The number of nitrogens with one attached hydrogen (secondary N) is 2. The predicted molar refractivity (Wildman–Crippen MR) is 83.9 cm³/mol. The van der Waals surface area contributed by atoms with E-state index in [-0.39, 0.29) is 5.69 Å². The number of halogens is 3. The molecule has 1 aromatic heterocycles. The van der Waals surface area contributed by atoms with Crippen molar-refractivity contribution in [2.75, 3.05) is 18.4 Å². The molecule has 24 heavy (non-hydrogen) atoms. The second-order valence-electron chi connectivity index (χ2n) is 5.70. The minimum absolute atomic E-state index is 0.0629. The SMILES string of the molecule is O=C(Nc1ccc([C@H]2CCNC2)cc1)c1ccc(C(F)(F)F)cn1. The second kappa shape index (κ2) is 6.60. The summed E-state index contributed by atoms with van der Waals surface area (Å²) in [6.07, 6.45) is -2.72. The third-order valence-corrected chi connectivity index (χ3v) is 4.02. The number of pyridine rings is 1. The fourth-order valence-electron chi connectivity index (χ4n) is 2.67. The van der Waals surface area contributed by atoms with Crippen LogP contribution in [0.25, 0.3) is 0 Å². The van der Waals surface area contributed by atoms with Crippen LogP contribution in [-0.4, -0.2) is 24.0 Å². The van der Waals surface area contributed by atoms with Crippen molar-refractivity contribution in [2.24, 2.45) is 0 Å². The van der Waals surface area contributed by atoms with Crippen molar-refractivity contribution in [1.29, 1.82) is 0 Å². The first-order valence-electron chi connectivity index (χ1n) is 7.59. The van der Waals surface area contributed by atoms with Gasteiger partial charge in [0.25, 0.3) is 5.91 Å². The zero-order chi connectivity index (χ0) is 17.2. The molecule has 1 fully saturated rings. The molecule has 0 radical (unpaired) electrons. The molecule has 1 aromatic carbocycles. The topological polar surface area (TPSA) is 54.0 Å². The Bertz CT molecular complexity index is 705. The molecule has 126 valence electrons. The molecule has 2 aromatic rings. The van der Waals surface area contributed by atoms with E-state index in [1.807, 2.05) is 12.1 Å². The summed E-state index contributed by atoms with van der Waals surface area (Å²) < 4.78 is 37.5. The maximum absolute atomic E-state index is 12.5. The average Bonchev–Trinajstić information content (AvgIpc) is 3.09. The summed E-state index contributed by atoms with van der Waals surface area (Å²) >= 11 is 0. The summed E-state index contributed by atoms with van der Waals surface area (Å²) in [7, 11) is 0. The minimum atomic E-state index is -4.47. The predicted octanol–water partition coefficient (Wildman–Crippen LogP) is 3.43. The monoisotopic (exact) mass is 335 g/mol. The van der Waals surface area contributed by atoms with Crippen LogP contribution in [0, 0.1) is 0 Å². The van der Waals surface area contributed by atoms with Crippen LogP contribution in [0.3, 0.4) is 0 Å². The zero-order valence-corrected chi connectivity index (χ0v) is 12.7. The normalized spacial score (nSPS) is 17.7. The second-order valence-corrected chi connectivity index (χ2v) is 5.70. The van der Waals surface area contributed by atoms with Gasteiger partial charge < -0.3 is 10.6 Å². The van der Waals surface area contributed by atoms with Gasteiger partial charge in [0.15, 0.2) is 0 Å². The first-order valence-corrected chi connectivity index (χ1v) is 7.59. The van der Waals surface area contributed by atoms with Crippen LogP contribution in [-0.2, 0) is 6.18 Å². The molecule has 4 nitrogen and oxygen atoms in total. The van der Waals surface area contributed by atoms with E-state index in [0.717, 1.165) is 31.6 Å². The van der Waals surface area contributed by atoms with Gasteiger partial charge in [-0.2, -0.15) is 13.2 Å². The van der Waals surface area contributed by atoms with Gasteiger partial charge >= 0.3 is 6.18 Å². The van der Waals surface area contributed by atoms with Gasteiger partial charge in [-0.1, -0.05) is 12.1 Å². The average molecular weight is 335 g/mol. The van der Waals surface area contributed by atoms with Gasteiger partial charge in [-0.05, 0) is 48.7 Å². The van der Waals surface area contributed by atoms with Crippen LogP contribution in [0.4, 0.5) is 18.9 Å². The van der Waals surface area contributed by atoms with Crippen LogP contribution in [0.1, 0.15) is 34.0 Å². The fraction of sp³-hybridized carbons (Fsp3) is 0.294. The van der Waals surface area contributed by atoms with Crippen LogP contribution in [0.2, 0.25) is 0 Å². The van der Waals surface area contributed by atoms with Gasteiger partial charge in [0.05, 0.1) is 5.56 Å². The number of anilines is 1. The van der Waals surface area contributed by atoms with Crippen LogP contribution >= 0.6 is 0 Å². The summed E-state index contributed by atoms with van der Waals surface area (Å²) in [5, 5.41) is 5.93. The van der Waals surface area contributed by atoms with Gasteiger partial charge in [0.2, 0.25) is 0 Å². The van der Waals surface area contributed by atoms with Crippen molar-refractivity contribution in [3.63, 3.8) is 0 Å². The first kappa shape index (κ1) is 16.4. The fourth-order valence-corrected chi connectivity index (χ4v) is 2.67. The molecule has 0 spiro atoms. The number of nitrogens with zero attached hydrogens (tertiary/aromatic N) is 1. The number of hydrogen-bond acceptors (Lipinski definition) is 3. The van der Waals surface area contributed by atoms with E-state index in [9.17, 15) is 18.0 Å². The number of carbonyl (C=O) groups excluding carboxylic acids is 1. The van der Waals surface area contributed by atoms with E-state index in [0.29, 0.717) is 17.8 Å². The molecule has 1 amide bonds.